The van der Waals surface area contributed by atoms with E-state index in [-0.39, 0.29) is 6.61 Å². The maximum absolute atomic E-state index is 12.4. The maximum Gasteiger partial charge on any atom is 0.342 e. The monoisotopic (exact) mass is 354 g/mol. The van der Waals surface area contributed by atoms with Crippen LogP contribution in [0.4, 0.5) is 0 Å². The molecule has 5 nitrogen and oxygen atoms in total. The maximum atomic E-state index is 12.4. The Balaban J connectivity index is 1.82. The number of aryl methyl sites for hydroxylation is 2. The largest absolute Gasteiger partial charge is 0.489 e. The minimum Gasteiger partial charge on any atom is -0.489 e. The predicted molar refractivity (Wildman–Crippen MR) is 98.6 cm³/mol. The van der Waals surface area contributed by atoms with Crippen LogP contribution in [0.25, 0.3) is 11.0 Å². The van der Waals surface area contributed by atoms with Crippen LogP contribution in [0.2, 0.25) is 0 Å². The lowest BCUT2D eigenvalue weighted by atomic mass is 10.1. The van der Waals surface area contributed by atoms with E-state index < -0.39 is 5.97 Å². The SMILES string of the molecule is COCCOC(=O)c1c(C)oc2ccc(OCc3ccccc3C)cc12. The van der Waals surface area contributed by atoms with E-state index in [2.05, 4.69) is 13.0 Å². The van der Waals surface area contributed by atoms with Gasteiger partial charge in [-0.2, -0.15) is 0 Å². The van der Waals surface area contributed by atoms with E-state index in [1.807, 2.05) is 30.3 Å². The van der Waals surface area contributed by atoms with E-state index in [1.54, 1.807) is 20.1 Å². The average Bonchev–Trinajstić information content (AvgIpc) is 2.96. The molecule has 0 spiro atoms. The molecule has 0 saturated carbocycles. The predicted octanol–water partition coefficient (Wildman–Crippen LogP) is 4.43. The second-order valence-electron chi connectivity index (χ2n) is 6.04. The highest BCUT2D eigenvalue weighted by molar-refractivity contribution is 6.04. The number of rotatable bonds is 7. The first kappa shape index (κ1) is 18.0. The molecule has 0 bridgehead atoms. The van der Waals surface area contributed by atoms with E-state index in [1.165, 1.54) is 5.56 Å². The number of benzene rings is 2. The summed E-state index contributed by atoms with van der Waals surface area (Å²) in [4.78, 5) is 12.4. The van der Waals surface area contributed by atoms with Gasteiger partial charge in [-0.25, -0.2) is 4.79 Å². The molecule has 0 aliphatic rings. The highest BCUT2D eigenvalue weighted by Crippen LogP contribution is 2.30. The number of carbonyl (C=O) groups is 1. The van der Waals surface area contributed by atoms with Crippen molar-refractivity contribution in [2.75, 3.05) is 20.3 Å². The van der Waals surface area contributed by atoms with Gasteiger partial charge in [0.1, 0.15) is 35.9 Å². The lowest BCUT2D eigenvalue weighted by molar-refractivity contribution is 0.0388. The van der Waals surface area contributed by atoms with Crippen LogP contribution in [0.1, 0.15) is 27.2 Å². The molecule has 0 radical (unpaired) electrons. The van der Waals surface area contributed by atoms with Gasteiger partial charge in [-0.3, -0.25) is 0 Å². The van der Waals surface area contributed by atoms with Crippen molar-refractivity contribution in [1.82, 2.24) is 0 Å². The van der Waals surface area contributed by atoms with Crippen LogP contribution in [0.3, 0.4) is 0 Å². The number of esters is 1. The van der Waals surface area contributed by atoms with E-state index in [0.29, 0.717) is 41.3 Å². The van der Waals surface area contributed by atoms with Gasteiger partial charge in [0.2, 0.25) is 0 Å². The molecule has 0 atom stereocenters. The Kier molecular flexibility index (Phi) is 5.58. The Morgan fingerprint density at radius 3 is 2.65 bits per heavy atom. The van der Waals surface area contributed by atoms with Crippen LogP contribution in [0.5, 0.6) is 5.75 Å². The van der Waals surface area contributed by atoms with Crippen molar-refractivity contribution in [3.8, 4) is 5.75 Å². The van der Waals surface area contributed by atoms with Crippen molar-refractivity contribution in [1.29, 1.82) is 0 Å². The molecule has 1 aromatic heterocycles. The van der Waals surface area contributed by atoms with Gasteiger partial charge in [0.25, 0.3) is 0 Å². The van der Waals surface area contributed by atoms with Crippen molar-refractivity contribution in [3.05, 3.63) is 64.9 Å². The third-order valence-corrected chi connectivity index (χ3v) is 4.22. The summed E-state index contributed by atoms with van der Waals surface area (Å²) in [5.74, 6) is 0.778. The Bertz CT molecular complexity index is 910. The normalized spacial score (nSPS) is 10.9. The lowest BCUT2D eigenvalue weighted by Crippen LogP contribution is -2.10. The third kappa shape index (κ3) is 3.89. The number of furan rings is 1. The zero-order chi connectivity index (χ0) is 18.5. The summed E-state index contributed by atoms with van der Waals surface area (Å²) in [7, 11) is 1.56. The fourth-order valence-electron chi connectivity index (χ4n) is 2.77. The van der Waals surface area contributed by atoms with Crippen LogP contribution in [-0.2, 0) is 16.1 Å². The summed E-state index contributed by atoms with van der Waals surface area (Å²) >= 11 is 0. The number of hydrogen-bond acceptors (Lipinski definition) is 5. The molecule has 5 heteroatoms. The molecule has 0 N–H and O–H groups in total. The second kappa shape index (κ2) is 8.06. The average molecular weight is 354 g/mol. The molecule has 0 saturated heterocycles. The molecule has 3 rings (SSSR count). The van der Waals surface area contributed by atoms with Gasteiger partial charge in [-0.05, 0) is 43.2 Å². The van der Waals surface area contributed by atoms with Crippen LogP contribution in [0.15, 0.2) is 46.9 Å². The van der Waals surface area contributed by atoms with Gasteiger partial charge in [-0.15, -0.1) is 0 Å². The molecule has 0 aliphatic heterocycles. The van der Waals surface area contributed by atoms with Gasteiger partial charge in [-0.1, -0.05) is 24.3 Å². The smallest absolute Gasteiger partial charge is 0.342 e. The molecule has 3 aromatic rings. The van der Waals surface area contributed by atoms with Gasteiger partial charge in [0, 0.05) is 12.5 Å². The summed E-state index contributed by atoms with van der Waals surface area (Å²) in [6.45, 7) is 4.81. The van der Waals surface area contributed by atoms with Crippen LogP contribution < -0.4 is 4.74 Å². The molecule has 0 unspecified atom stereocenters. The molecule has 1 heterocycles. The van der Waals surface area contributed by atoms with Gasteiger partial charge >= 0.3 is 5.97 Å². The standard InChI is InChI=1S/C21H22O5/c1-14-6-4-5-7-16(14)13-25-17-8-9-19-18(12-17)20(15(2)26-19)21(22)24-11-10-23-3/h4-9,12H,10-11,13H2,1-3H3. The number of fused-ring (bicyclic) bond motifs is 1. The zero-order valence-electron chi connectivity index (χ0n) is 15.2. The van der Waals surface area contributed by atoms with E-state index >= 15 is 0 Å². The highest BCUT2D eigenvalue weighted by atomic mass is 16.6. The second-order valence-corrected chi connectivity index (χ2v) is 6.04. The van der Waals surface area contributed by atoms with E-state index in [9.17, 15) is 4.79 Å². The van der Waals surface area contributed by atoms with Crippen molar-refractivity contribution in [2.45, 2.75) is 20.5 Å². The van der Waals surface area contributed by atoms with E-state index in [0.717, 1.165) is 5.56 Å². The molecule has 2 aromatic carbocycles. The summed E-state index contributed by atoms with van der Waals surface area (Å²) < 4.78 is 21.7. The van der Waals surface area contributed by atoms with Crippen molar-refractivity contribution >= 4 is 16.9 Å². The Morgan fingerprint density at radius 2 is 1.88 bits per heavy atom. The van der Waals surface area contributed by atoms with Crippen LogP contribution >= 0.6 is 0 Å². The Morgan fingerprint density at radius 1 is 1.08 bits per heavy atom. The molecule has 0 aliphatic carbocycles. The topological polar surface area (TPSA) is 57.9 Å². The number of methoxy groups -OCH3 is 1. The van der Waals surface area contributed by atoms with Crippen LogP contribution in [-0.4, -0.2) is 26.3 Å². The van der Waals surface area contributed by atoms with Crippen molar-refractivity contribution in [3.63, 3.8) is 0 Å². The number of carbonyl (C=O) groups excluding carboxylic acids is 1. The fraction of sp³-hybridized carbons (Fsp3) is 0.286. The molecule has 26 heavy (non-hydrogen) atoms. The minimum atomic E-state index is -0.422. The highest BCUT2D eigenvalue weighted by Gasteiger charge is 2.20. The first-order valence-electron chi connectivity index (χ1n) is 8.46. The summed E-state index contributed by atoms with van der Waals surface area (Å²) in [5, 5.41) is 0.687. The summed E-state index contributed by atoms with van der Waals surface area (Å²) in [6, 6.07) is 13.5. The lowest BCUT2D eigenvalue weighted by Gasteiger charge is -2.09. The third-order valence-electron chi connectivity index (χ3n) is 4.22. The van der Waals surface area contributed by atoms with Crippen LogP contribution in [0, 0.1) is 13.8 Å². The zero-order valence-corrected chi connectivity index (χ0v) is 15.2. The van der Waals surface area contributed by atoms with Crippen molar-refractivity contribution < 1.29 is 23.4 Å². The molecular weight excluding hydrogens is 332 g/mol. The van der Waals surface area contributed by atoms with Gasteiger partial charge in [0.15, 0.2) is 0 Å². The quantitative estimate of drug-likeness (QED) is 0.464. The number of ether oxygens (including phenoxy) is 3. The molecule has 0 fully saturated rings. The Labute approximate surface area is 152 Å². The first-order chi connectivity index (χ1) is 12.6. The van der Waals surface area contributed by atoms with Gasteiger partial charge in [0.05, 0.1) is 6.61 Å². The van der Waals surface area contributed by atoms with Crippen molar-refractivity contribution in [2.24, 2.45) is 0 Å². The van der Waals surface area contributed by atoms with E-state index in [4.69, 9.17) is 18.6 Å². The molecule has 0 amide bonds. The summed E-state index contributed by atoms with van der Waals surface area (Å²) in [5.41, 5.74) is 3.35. The van der Waals surface area contributed by atoms with Gasteiger partial charge < -0.3 is 18.6 Å². The molecular formula is C21H22O5. The molecule has 136 valence electrons. The Hall–Kier alpha value is -2.79. The first-order valence-corrected chi connectivity index (χ1v) is 8.46. The summed E-state index contributed by atoms with van der Waals surface area (Å²) in [6.07, 6.45) is 0. The fourth-order valence-corrected chi connectivity index (χ4v) is 2.77. The number of hydrogen-bond donors (Lipinski definition) is 0. The minimum absolute atomic E-state index is 0.199.